The summed E-state index contributed by atoms with van der Waals surface area (Å²) in [5.74, 6) is 1.97. The zero-order valence-corrected chi connectivity index (χ0v) is 19.3. The highest BCUT2D eigenvalue weighted by Crippen LogP contribution is 2.34. The molecule has 174 valence electrons. The quantitative estimate of drug-likeness (QED) is 0.566. The molecule has 1 N–H and O–H groups in total. The molecule has 1 saturated carbocycles. The number of hydrogen-bond donors (Lipinski definition) is 1. The number of fused-ring (bicyclic) bond motifs is 2. The number of hydrogen-bond acceptors (Lipinski definition) is 7. The molecule has 8 nitrogen and oxygen atoms in total. The van der Waals surface area contributed by atoms with Gasteiger partial charge in [-0.25, -0.2) is 4.68 Å². The highest BCUT2D eigenvalue weighted by molar-refractivity contribution is 7.07. The van der Waals surface area contributed by atoms with Crippen LogP contribution in [0.2, 0.25) is 0 Å². The Kier molecular flexibility index (Phi) is 5.54. The number of nitrogens with zero attached hydrogens (tertiary/aromatic N) is 3. The van der Waals surface area contributed by atoms with Crippen molar-refractivity contribution >= 4 is 29.1 Å². The molecule has 1 aromatic heterocycles. The molecule has 6 rings (SSSR count). The van der Waals surface area contributed by atoms with Gasteiger partial charge in [-0.2, -0.15) is 5.10 Å². The third kappa shape index (κ3) is 4.19. The van der Waals surface area contributed by atoms with E-state index in [1.165, 1.54) is 19.3 Å². The third-order valence-electron chi connectivity index (χ3n) is 6.18. The maximum absolute atomic E-state index is 11.8. The first-order chi connectivity index (χ1) is 16.7. The second kappa shape index (κ2) is 8.98. The van der Waals surface area contributed by atoms with Crippen molar-refractivity contribution in [3.8, 4) is 28.5 Å². The Morgan fingerprint density at radius 1 is 1.00 bits per heavy atom. The third-order valence-corrected chi connectivity index (χ3v) is 7.01. The van der Waals surface area contributed by atoms with Crippen molar-refractivity contribution in [2.45, 2.75) is 38.1 Å². The van der Waals surface area contributed by atoms with Crippen molar-refractivity contribution in [2.75, 3.05) is 18.7 Å². The molecule has 2 aliphatic heterocycles. The summed E-state index contributed by atoms with van der Waals surface area (Å²) in [5.41, 5.74) is 3.40. The van der Waals surface area contributed by atoms with Crippen LogP contribution in [-0.4, -0.2) is 36.2 Å². The first kappa shape index (κ1) is 21.0. The number of thiazole rings is 1. The topological polar surface area (TPSA) is 86.4 Å². The summed E-state index contributed by atoms with van der Waals surface area (Å²) in [7, 11) is 0. The van der Waals surface area contributed by atoms with Gasteiger partial charge in [-0.05, 0) is 54.8 Å². The molecular weight excluding hydrogens is 452 g/mol. The summed E-state index contributed by atoms with van der Waals surface area (Å²) >= 11 is 1.58. The largest absolute Gasteiger partial charge is 0.482 e. The van der Waals surface area contributed by atoms with Crippen molar-refractivity contribution in [1.82, 2.24) is 4.68 Å². The van der Waals surface area contributed by atoms with Gasteiger partial charge >= 0.3 is 0 Å². The Morgan fingerprint density at radius 3 is 2.76 bits per heavy atom. The number of ether oxygens (including phenoxy) is 3. The number of carbonyl (C=O) groups excluding carboxylic acids is 1. The van der Waals surface area contributed by atoms with Crippen LogP contribution in [0.25, 0.3) is 11.3 Å². The molecule has 0 bridgehead atoms. The van der Waals surface area contributed by atoms with E-state index >= 15 is 0 Å². The maximum atomic E-state index is 11.8. The van der Waals surface area contributed by atoms with Gasteiger partial charge in [-0.15, -0.1) is 11.3 Å². The molecule has 34 heavy (non-hydrogen) atoms. The van der Waals surface area contributed by atoms with Crippen LogP contribution in [0.5, 0.6) is 17.2 Å². The molecular formula is C25H24N4O4S. The van der Waals surface area contributed by atoms with Crippen LogP contribution in [0.15, 0.2) is 51.9 Å². The van der Waals surface area contributed by atoms with Crippen molar-refractivity contribution in [2.24, 2.45) is 10.1 Å². The minimum Gasteiger partial charge on any atom is -0.482 e. The van der Waals surface area contributed by atoms with Crippen LogP contribution in [0.4, 0.5) is 5.69 Å². The molecule has 0 spiro atoms. The molecule has 0 radical (unpaired) electrons. The van der Waals surface area contributed by atoms with Crippen LogP contribution in [0.1, 0.15) is 37.7 Å². The van der Waals surface area contributed by atoms with E-state index < -0.39 is 0 Å². The van der Waals surface area contributed by atoms with E-state index in [1.54, 1.807) is 17.6 Å². The van der Waals surface area contributed by atoms with E-state index in [0.29, 0.717) is 17.5 Å². The van der Waals surface area contributed by atoms with Gasteiger partial charge in [0.05, 0.1) is 23.6 Å². The summed E-state index contributed by atoms with van der Waals surface area (Å²) in [6.07, 6.45) is 7.76. The number of carbonyl (C=O) groups is 1. The highest BCUT2D eigenvalue weighted by atomic mass is 32.1. The lowest BCUT2D eigenvalue weighted by molar-refractivity contribution is -0.118. The first-order valence-electron chi connectivity index (χ1n) is 11.5. The van der Waals surface area contributed by atoms with Crippen molar-refractivity contribution in [3.05, 3.63) is 52.1 Å². The molecule has 2 aromatic carbocycles. The molecule has 0 unspecified atom stereocenters. The second-order valence-electron chi connectivity index (χ2n) is 8.54. The zero-order chi connectivity index (χ0) is 22.9. The fourth-order valence-corrected chi connectivity index (χ4v) is 5.33. The minimum absolute atomic E-state index is 0.0367. The Labute approximate surface area is 200 Å². The molecule has 3 aliphatic rings. The fourth-order valence-electron chi connectivity index (χ4n) is 4.43. The Balaban J connectivity index is 1.40. The van der Waals surface area contributed by atoms with Crippen LogP contribution >= 0.6 is 11.3 Å². The van der Waals surface area contributed by atoms with Gasteiger partial charge in [0.25, 0.3) is 5.91 Å². The van der Waals surface area contributed by atoms with Crippen molar-refractivity contribution in [1.29, 1.82) is 0 Å². The lowest BCUT2D eigenvalue weighted by Gasteiger charge is -2.18. The van der Waals surface area contributed by atoms with Gasteiger partial charge < -0.3 is 19.5 Å². The Bertz CT molecular complexity index is 1340. The highest BCUT2D eigenvalue weighted by Gasteiger charge is 2.19. The summed E-state index contributed by atoms with van der Waals surface area (Å²) < 4.78 is 18.3. The average molecular weight is 477 g/mol. The average Bonchev–Trinajstić information content (AvgIpc) is 3.49. The van der Waals surface area contributed by atoms with Gasteiger partial charge in [0, 0.05) is 10.9 Å². The van der Waals surface area contributed by atoms with Crippen LogP contribution < -0.4 is 24.3 Å². The molecule has 9 heteroatoms. The maximum Gasteiger partial charge on any atom is 0.262 e. The minimum atomic E-state index is -0.156. The lowest BCUT2D eigenvalue weighted by Crippen LogP contribution is -2.25. The number of aromatic nitrogens is 1. The molecule has 0 atom stereocenters. The van der Waals surface area contributed by atoms with Gasteiger partial charge in [0.2, 0.25) is 11.6 Å². The standard InChI is InChI=1S/C25H24N4O4S/c30-24-13-31-21-9-7-17(11-19(21)28-24)20-14-34-25(27-18-4-2-1-3-5-18)29(20)26-12-16-6-8-22-23(10-16)33-15-32-22/h6-12,14,18H,1-5,13,15H2,(H,28,30). The predicted octanol–water partition coefficient (Wildman–Crippen LogP) is 4.39. The monoisotopic (exact) mass is 476 g/mol. The predicted molar refractivity (Wildman–Crippen MR) is 130 cm³/mol. The SMILES string of the molecule is O=C1COc2ccc(-c3csc(=NC4CCCCC4)n3N=Cc3ccc4c(c3)OCO4)cc2N1. The summed E-state index contributed by atoms with van der Waals surface area (Å²) in [6, 6.07) is 11.9. The second-order valence-corrected chi connectivity index (χ2v) is 9.38. The van der Waals surface area contributed by atoms with Gasteiger partial charge in [-0.3, -0.25) is 9.79 Å². The smallest absolute Gasteiger partial charge is 0.262 e. The lowest BCUT2D eigenvalue weighted by atomic mass is 9.96. The Hall–Kier alpha value is -3.59. The van der Waals surface area contributed by atoms with Crippen molar-refractivity contribution in [3.63, 3.8) is 0 Å². The molecule has 1 amide bonds. The molecule has 1 fully saturated rings. The number of nitrogens with one attached hydrogen (secondary N) is 1. The molecule has 3 heterocycles. The number of amides is 1. The van der Waals surface area contributed by atoms with Crippen molar-refractivity contribution < 1.29 is 19.0 Å². The molecule has 0 saturated heterocycles. The number of anilines is 1. The van der Waals surface area contributed by atoms with E-state index in [1.807, 2.05) is 41.1 Å². The summed E-state index contributed by atoms with van der Waals surface area (Å²) in [4.78, 5) is 17.7. The first-order valence-corrected chi connectivity index (χ1v) is 12.4. The number of benzene rings is 2. The zero-order valence-electron chi connectivity index (χ0n) is 18.5. The van der Waals surface area contributed by atoms with Crippen LogP contribution in [0, 0.1) is 0 Å². The molecule has 1 aliphatic carbocycles. The fraction of sp³-hybridized carbons (Fsp3) is 0.320. The summed E-state index contributed by atoms with van der Waals surface area (Å²) in [6.45, 7) is 0.275. The molecule has 3 aromatic rings. The van der Waals surface area contributed by atoms with E-state index in [9.17, 15) is 4.79 Å². The van der Waals surface area contributed by atoms with Gasteiger partial charge in [0.1, 0.15) is 5.75 Å². The van der Waals surface area contributed by atoms with E-state index in [2.05, 4.69) is 10.7 Å². The van der Waals surface area contributed by atoms with E-state index in [4.69, 9.17) is 24.3 Å². The van der Waals surface area contributed by atoms with E-state index in [-0.39, 0.29) is 19.3 Å². The van der Waals surface area contributed by atoms with Gasteiger partial charge in [-0.1, -0.05) is 19.3 Å². The van der Waals surface area contributed by atoms with Crippen LogP contribution in [0.3, 0.4) is 0 Å². The Morgan fingerprint density at radius 2 is 1.85 bits per heavy atom. The van der Waals surface area contributed by atoms with Gasteiger partial charge in [0.15, 0.2) is 18.1 Å². The summed E-state index contributed by atoms with van der Waals surface area (Å²) in [5, 5.41) is 9.77. The van der Waals surface area contributed by atoms with E-state index in [0.717, 1.165) is 46.0 Å². The normalized spacial score (nSPS) is 18.1. The van der Waals surface area contributed by atoms with Crippen LogP contribution in [-0.2, 0) is 4.79 Å². The number of rotatable bonds is 4.